The minimum atomic E-state index is -0.537. The molecule has 0 fully saturated rings. The highest BCUT2D eigenvalue weighted by molar-refractivity contribution is 7.99. The summed E-state index contributed by atoms with van der Waals surface area (Å²) in [6.07, 6.45) is 0. The van der Waals surface area contributed by atoms with Crippen molar-refractivity contribution >= 4 is 17.7 Å². The number of amides is 1. The van der Waals surface area contributed by atoms with Gasteiger partial charge in [0, 0.05) is 18.4 Å². The number of nitrogens with zero attached hydrogens (tertiary/aromatic N) is 2. The van der Waals surface area contributed by atoms with Gasteiger partial charge in [0.15, 0.2) is 0 Å². The Labute approximate surface area is 93.9 Å². The number of primary amides is 1. The second kappa shape index (κ2) is 5.72. The number of aromatic nitrogens is 1. The van der Waals surface area contributed by atoms with E-state index < -0.39 is 5.91 Å². The zero-order valence-corrected chi connectivity index (χ0v) is 9.67. The summed E-state index contributed by atoms with van der Waals surface area (Å²) in [5.41, 5.74) is 5.31. The summed E-state index contributed by atoms with van der Waals surface area (Å²) < 4.78 is 0. The van der Waals surface area contributed by atoms with Crippen molar-refractivity contribution in [3.63, 3.8) is 0 Å². The standard InChI is InChI=1S/C10H14N3OS/c1-13(2)6-7-15-9-5-3-4-8(12-9)10(11)14/h3,5H,6-7H2,1-2H3,(H2,11,14). The van der Waals surface area contributed by atoms with Crippen LogP contribution in [0.5, 0.6) is 0 Å². The molecule has 1 heterocycles. The van der Waals surface area contributed by atoms with Gasteiger partial charge < -0.3 is 10.6 Å². The third-order valence-corrected chi connectivity index (χ3v) is 2.60. The average Bonchev–Trinajstić information content (AvgIpc) is 2.17. The minimum absolute atomic E-state index is 0.199. The van der Waals surface area contributed by atoms with E-state index in [0.29, 0.717) is 0 Å². The first-order valence-electron chi connectivity index (χ1n) is 4.55. The first-order valence-corrected chi connectivity index (χ1v) is 5.54. The van der Waals surface area contributed by atoms with E-state index in [1.807, 2.05) is 20.2 Å². The van der Waals surface area contributed by atoms with Gasteiger partial charge in [0.05, 0.1) is 5.03 Å². The summed E-state index contributed by atoms with van der Waals surface area (Å²) in [6, 6.07) is 6.20. The van der Waals surface area contributed by atoms with Gasteiger partial charge in [-0.15, -0.1) is 11.8 Å². The van der Waals surface area contributed by atoms with Gasteiger partial charge in [-0.3, -0.25) is 4.79 Å². The summed E-state index contributed by atoms with van der Waals surface area (Å²) in [5.74, 6) is 0.396. The van der Waals surface area contributed by atoms with E-state index in [0.717, 1.165) is 17.3 Å². The van der Waals surface area contributed by atoms with E-state index >= 15 is 0 Å². The predicted octanol–water partition coefficient (Wildman–Crippen LogP) is 0.634. The third kappa shape index (κ3) is 4.31. The number of pyridine rings is 1. The maximum atomic E-state index is 10.8. The molecule has 0 bridgehead atoms. The van der Waals surface area contributed by atoms with Crippen molar-refractivity contribution in [3.8, 4) is 0 Å². The van der Waals surface area contributed by atoms with Crippen LogP contribution in [0, 0.1) is 6.07 Å². The van der Waals surface area contributed by atoms with Gasteiger partial charge in [0.2, 0.25) is 0 Å². The molecule has 0 aromatic carbocycles. The molecule has 81 valence electrons. The van der Waals surface area contributed by atoms with Crippen LogP contribution in [-0.4, -0.2) is 42.2 Å². The van der Waals surface area contributed by atoms with Gasteiger partial charge >= 0.3 is 0 Å². The van der Waals surface area contributed by atoms with Crippen LogP contribution in [-0.2, 0) is 0 Å². The van der Waals surface area contributed by atoms with Crippen LogP contribution < -0.4 is 5.73 Å². The Balaban J connectivity index is 2.54. The van der Waals surface area contributed by atoms with Crippen molar-refractivity contribution in [1.82, 2.24) is 9.88 Å². The lowest BCUT2D eigenvalue weighted by atomic mass is 10.3. The minimum Gasteiger partial charge on any atom is -0.364 e. The second-order valence-corrected chi connectivity index (χ2v) is 4.41. The smallest absolute Gasteiger partial charge is 0.267 e. The number of nitrogens with two attached hydrogens (primary N) is 1. The van der Waals surface area contributed by atoms with Crippen LogP contribution in [0.25, 0.3) is 0 Å². The first kappa shape index (κ1) is 12.0. The monoisotopic (exact) mass is 224 g/mol. The summed E-state index contributed by atoms with van der Waals surface area (Å²) in [6.45, 7) is 0.969. The third-order valence-electron chi connectivity index (χ3n) is 1.69. The van der Waals surface area contributed by atoms with Crippen LogP contribution in [0.2, 0.25) is 0 Å². The van der Waals surface area contributed by atoms with Gasteiger partial charge in [-0.1, -0.05) is 0 Å². The maximum absolute atomic E-state index is 10.8. The molecule has 15 heavy (non-hydrogen) atoms. The van der Waals surface area contributed by atoms with E-state index in [4.69, 9.17) is 5.73 Å². The van der Waals surface area contributed by atoms with Crippen molar-refractivity contribution in [2.75, 3.05) is 26.4 Å². The molecule has 0 aliphatic carbocycles. The first-order chi connectivity index (χ1) is 7.09. The molecule has 1 amide bonds. The van der Waals surface area contributed by atoms with Gasteiger partial charge in [-0.05, 0) is 26.2 Å². The number of rotatable bonds is 5. The Kier molecular flexibility index (Phi) is 4.58. The Morgan fingerprint density at radius 1 is 1.67 bits per heavy atom. The molecule has 1 radical (unpaired) electrons. The number of hydrogen-bond acceptors (Lipinski definition) is 4. The summed E-state index contributed by atoms with van der Waals surface area (Å²) in [5, 5.41) is 0.810. The SMILES string of the molecule is CN(C)CCSc1cc[c]c(C(N)=O)n1. The summed E-state index contributed by atoms with van der Waals surface area (Å²) in [7, 11) is 4.03. The molecule has 0 atom stereocenters. The van der Waals surface area contributed by atoms with Crippen LogP contribution in [0.4, 0.5) is 0 Å². The van der Waals surface area contributed by atoms with E-state index in [2.05, 4.69) is 16.0 Å². The highest BCUT2D eigenvalue weighted by atomic mass is 32.2. The maximum Gasteiger partial charge on any atom is 0.267 e. The van der Waals surface area contributed by atoms with Crippen molar-refractivity contribution in [1.29, 1.82) is 0 Å². The largest absolute Gasteiger partial charge is 0.364 e. The fraction of sp³-hybridized carbons (Fsp3) is 0.400. The van der Waals surface area contributed by atoms with Crippen molar-refractivity contribution in [3.05, 3.63) is 23.9 Å². The molecule has 2 N–H and O–H groups in total. The molecule has 0 spiro atoms. The molecular formula is C10H14N3OS. The van der Waals surface area contributed by atoms with Gasteiger partial charge in [-0.2, -0.15) is 0 Å². The summed E-state index contributed by atoms with van der Waals surface area (Å²) >= 11 is 1.60. The number of carbonyl (C=O) groups is 1. The molecule has 1 rings (SSSR count). The lowest BCUT2D eigenvalue weighted by molar-refractivity contribution is 0.0994. The Morgan fingerprint density at radius 2 is 2.40 bits per heavy atom. The molecule has 0 saturated carbocycles. The van der Waals surface area contributed by atoms with E-state index in [1.165, 1.54) is 0 Å². The molecule has 1 aromatic rings. The topological polar surface area (TPSA) is 59.2 Å². The fourth-order valence-electron chi connectivity index (χ4n) is 0.911. The molecule has 4 nitrogen and oxygen atoms in total. The molecule has 5 heteroatoms. The van der Waals surface area contributed by atoms with E-state index in [9.17, 15) is 4.79 Å². The van der Waals surface area contributed by atoms with Gasteiger partial charge in [0.1, 0.15) is 5.69 Å². The van der Waals surface area contributed by atoms with Crippen molar-refractivity contribution in [2.45, 2.75) is 5.03 Å². The average molecular weight is 224 g/mol. The molecule has 0 saturated heterocycles. The quantitative estimate of drug-likeness (QED) is 0.745. The number of carbonyl (C=O) groups excluding carboxylic acids is 1. The van der Waals surface area contributed by atoms with Crippen LogP contribution in [0.15, 0.2) is 17.2 Å². The lowest BCUT2D eigenvalue weighted by Crippen LogP contribution is -2.15. The summed E-state index contributed by atoms with van der Waals surface area (Å²) in [4.78, 5) is 17.0. The highest BCUT2D eigenvalue weighted by Crippen LogP contribution is 2.14. The highest BCUT2D eigenvalue weighted by Gasteiger charge is 2.03. The molecule has 1 aromatic heterocycles. The van der Waals surface area contributed by atoms with Crippen LogP contribution >= 0.6 is 11.8 Å². The second-order valence-electron chi connectivity index (χ2n) is 3.29. The van der Waals surface area contributed by atoms with Crippen molar-refractivity contribution < 1.29 is 4.79 Å². The van der Waals surface area contributed by atoms with Crippen LogP contribution in [0.3, 0.4) is 0 Å². The zero-order valence-electron chi connectivity index (χ0n) is 8.86. The van der Waals surface area contributed by atoms with E-state index in [1.54, 1.807) is 17.8 Å². The van der Waals surface area contributed by atoms with Gasteiger partial charge in [0.25, 0.3) is 5.91 Å². The van der Waals surface area contributed by atoms with Crippen LogP contribution in [0.1, 0.15) is 10.5 Å². The lowest BCUT2D eigenvalue weighted by Gasteiger charge is -2.08. The van der Waals surface area contributed by atoms with Crippen molar-refractivity contribution in [2.24, 2.45) is 5.73 Å². The Bertz CT molecular complexity index is 341. The molecule has 0 aliphatic rings. The Morgan fingerprint density at radius 3 is 3.00 bits per heavy atom. The van der Waals surface area contributed by atoms with E-state index in [-0.39, 0.29) is 5.69 Å². The van der Waals surface area contributed by atoms with Gasteiger partial charge in [-0.25, -0.2) is 4.98 Å². The molecule has 0 unspecified atom stereocenters. The Hall–Kier alpha value is -1.07. The normalized spacial score (nSPS) is 10.6. The molecule has 0 aliphatic heterocycles. The molecular weight excluding hydrogens is 210 g/mol. The number of thioether (sulfide) groups is 1. The predicted molar refractivity (Wildman–Crippen MR) is 60.9 cm³/mol. The zero-order chi connectivity index (χ0) is 11.3. The fourth-order valence-corrected chi connectivity index (χ4v) is 1.90. The number of hydrogen-bond donors (Lipinski definition) is 1.